The summed E-state index contributed by atoms with van der Waals surface area (Å²) in [5.74, 6) is -4.73. The van der Waals surface area contributed by atoms with Crippen LogP contribution in [0.4, 0.5) is 26.3 Å². The molecule has 2 saturated heterocycles. The highest BCUT2D eigenvalue weighted by Gasteiger charge is 2.42. The van der Waals surface area contributed by atoms with Crippen molar-refractivity contribution in [1.82, 2.24) is 19.6 Å². The third kappa shape index (κ3) is 9.58. The summed E-state index contributed by atoms with van der Waals surface area (Å²) in [6.45, 7) is 9.54. The van der Waals surface area contributed by atoms with Crippen LogP contribution in [0.15, 0.2) is 12.4 Å². The summed E-state index contributed by atoms with van der Waals surface area (Å²) < 4.78 is 65.4. The first-order chi connectivity index (χ1) is 15.0. The number of nitrogens with zero attached hydrogens (tertiary/aromatic N) is 4. The van der Waals surface area contributed by atoms with Crippen molar-refractivity contribution < 1.29 is 46.1 Å². The van der Waals surface area contributed by atoms with Gasteiger partial charge in [0.1, 0.15) is 0 Å². The molecule has 0 saturated carbocycles. The Morgan fingerprint density at radius 3 is 1.79 bits per heavy atom. The van der Waals surface area contributed by atoms with Gasteiger partial charge < -0.3 is 10.2 Å². The molecule has 8 nitrogen and oxygen atoms in total. The Morgan fingerprint density at radius 1 is 1.00 bits per heavy atom. The maximum Gasteiger partial charge on any atom is 0.490 e. The maximum atomic E-state index is 10.6. The quantitative estimate of drug-likeness (QED) is 0.626. The van der Waals surface area contributed by atoms with E-state index in [9.17, 15) is 26.3 Å². The van der Waals surface area contributed by atoms with E-state index in [0.717, 1.165) is 24.5 Å². The lowest BCUT2D eigenvalue weighted by Crippen LogP contribution is -2.37. The number of carboxylic acids is 2. The van der Waals surface area contributed by atoms with Crippen molar-refractivity contribution >= 4 is 11.9 Å². The van der Waals surface area contributed by atoms with Gasteiger partial charge in [0.25, 0.3) is 0 Å². The lowest BCUT2D eigenvalue weighted by molar-refractivity contribution is -0.193. The van der Waals surface area contributed by atoms with E-state index < -0.39 is 24.3 Å². The van der Waals surface area contributed by atoms with Gasteiger partial charge in [0.05, 0.1) is 6.20 Å². The molecule has 2 aliphatic heterocycles. The minimum absolute atomic E-state index is 0.777. The number of hydrogen-bond acceptors (Lipinski definition) is 5. The van der Waals surface area contributed by atoms with Crippen LogP contribution in [0.1, 0.15) is 32.3 Å². The molecule has 0 amide bonds. The standard InChI is InChI=1S/C15H26N4.2C2HF3O2/c1-12(2)9-18-6-4-15-14(18)5-7-19(15)11-13-8-16-17(3)10-13;2*3-2(4,5)1(6)7/h8,10,12,14-15H,4-7,9,11H2,1-3H3;2*(H,6,7)/t14-,15+;;/m0../s1. The van der Waals surface area contributed by atoms with Crippen molar-refractivity contribution in [3.63, 3.8) is 0 Å². The van der Waals surface area contributed by atoms with E-state index in [1.165, 1.54) is 38.0 Å². The molecule has 3 rings (SSSR count). The van der Waals surface area contributed by atoms with Gasteiger partial charge in [-0.2, -0.15) is 31.4 Å². The van der Waals surface area contributed by atoms with Gasteiger partial charge in [-0.1, -0.05) is 13.8 Å². The van der Waals surface area contributed by atoms with Crippen molar-refractivity contribution in [1.29, 1.82) is 0 Å². The Labute approximate surface area is 186 Å². The second kappa shape index (κ2) is 11.7. The van der Waals surface area contributed by atoms with E-state index in [1.807, 2.05) is 17.9 Å². The molecule has 2 atom stereocenters. The van der Waals surface area contributed by atoms with Gasteiger partial charge >= 0.3 is 24.3 Å². The van der Waals surface area contributed by atoms with Crippen molar-refractivity contribution in [2.24, 2.45) is 13.0 Å². The zero-order valence-corrected chi connectivity index (χ0v) is 18.4. The van der Waals surface area contributed by atoms with Crippen LogP contribution < -0.4 is 0 Å². The fourth-order valence-electron chi connectivity index (χ4n) is 3.84. The highest BCUT2D eigenvalue weighted by Crippen LogP contribution is 2.32. The lowest BCUT2D eigenvalue weighted by Gasteiger charge is -2.26. The summed E-state index contributed by atoms with van der Waals surface area (Å²) >= 11 is 0. The van der Waals surface area contributed by atoms with Gasteiger partial charge in [-0.3, -0.25) is 14.5 Å². The van der Waals surface area contributed by atoms with Crippen molar-refractivity contribution in [2.45, 2.75) is 57.7 Å². The van der Waals surface area contributed by atoms with Crippen molar-refractivity contribution in [2.75, 3.05) is 19.6 Å². The number of fused-ring (bicyclic) bond motifs is 1. The topological polar surface area (TPSA) is 98.9 Å². The van der Waals surface area contributed by atoms with E-state index in [0.29, 0.717) is 0 Å². The van der Waals surface area contributed by atoms with E-state index in [-0.39, 0.29) is 0 Å². The van der Waals surface area contributed by atoms with Crippen LogP contribution in [0, 0.1) is 5.92 Å². The summed E-state index contributed by atoms with van der Waals surface area (Å²) in [5, 5.41) is 18.5. The summed E-state index contributed by atoms with van der Waals surface area (Å²) in [6.07, 6.45) is -3.32. The van der Waals surface area contributed by atoms with Crippen LogP contribution in [0.5, 0.6) is 0 Å². The summed E-state index contributed by atoms with van der Waals surface area (Å²) in [4.78, 5) is 23.2. The molecule has 0 spiro atoms. The summed E-state index contributed by atoms with van der Waals surface area (Å²) in [5.41, 5.74) is 1.35. The first-order valence-electron chi connectivity index (χ1n) is 10.1. The molecule has 3 heterocycles. The van der Waals surface area contributed by atoms with Crippen LogP contribution >= 0.6 is 0 Å². The highest BCUT2D eigenvalue weighted by molar-refractivity contribution is 5.73. The van der Waals surface area contributed by atoms with Crippen LogP contribution in [0.2, 0.25) is 0 Å². The zero-order chi connectivity index (χ0) is 25.6. The van der Waals surface area contributed by atoms with Gasteiger partial charge in [0, 0.05) is 57.1 Å². The second-order valence-electron chi connectivity index (χ2n) is 8.20. The largest absolute Gasteiger partial charge is 0.490 e. The molecule has 1 aromatic heterocycles. The first-order valence-corrected chi connectivity index (χ1v) is 10.1. The Hall–Kier alpha value is -2.35. The SMILES string of the molecule is CC(C)CN1CC[C@@H]2[C@@H]1CCN2Cc1cnn(C)c1.O=C(O)C(F)(F)F.O=C(O)C(F)(F)F. The van der Waals surface area contributed by atoms with Gasteiger partial charge in [-0.25, -0.2) is 9.59 Å². The van der Waals surface area contributed by atoms with E-state index in [2.05, 4.69) is 34.9 Å². The molecule has 2 fully saturated rings. The van der Waals surface area contributed by atoms with Crippen molar-refractivity contribution in [3.05, 3.63) is 18.0 Å². The molecule has 0 aromatic carbocycles. The van der Waals surface area contributed by atoms with Crippen LogP contribution in [0.3, 0.4) is 0 Å². The third-order valence-electron chi connectivity index (χ3n) is 5.04. The third-order valence-corrected chi connectivity index (χ3v) is 5.04. The van der Waals surface area contributed by atoms with Crippen LogP contribution in [0.25, 0.3) is 0 Å². The van der Waals surface area contributed by atoms with Crippen LogP contribution in [-0.4, -0.2) is 85.8 Å². The first kappa shape index (κ1) is 28.7. The molecule has 0 bridgehead atoms. The minimum atomic E-state index is -5.08. The summed E-state index contributed by atoms with van der Waals surface area (Å²) in [7, 11) is 2.00. The number of aromatic nitrogens is 2. The van der Waals surface area contributed by atoms with E-state index in [1.54, 1.807) is 0 Å². The Balaban J connectivity index is 0.000000324. The van der Waals surface area contributed by atoms with Gasteiger partial charge in [0.2, 0.25) is 0 Å². The van der Waals surface area contributed by atoms with Gasteiger partial charge in [0.15, 0.2) is 0 Å². The number of likely N-dealkylation sites (tertiary alicyclic amines) is 2. The number of rotatable bonds is 4. The Bertz CT molecular complexity index is 757. The number of alkyl halides is 6. The number of carbonyl (C=O) groups is 2. The molecular weight excluding hydrogens is 462 g/mol. The minimum Gasteiger partial charge on any atom is -0.475 e. The maximum absolute atomic E-state index is 10.6. The van der Waals surface area contributed by atoms with E-state index >= 15 is 0 Å². The predicted octanol–water partition coefficient (Wildman–Crippen LogP) is 2.99. The molecule has 2 aliphatic rings. The Kier molecular flexibility index (Phi) is 10.2. The molecule has 0 radical (unpaired) electrons. The fraction of sp³-hybridized carbons (Fsp3) is 0.737. The van der Waals surface area contributed by atoms with Crippen molar-refractivity contribution in [3.8, 4) is 0 Å². The second-order valence-corrected chi connectivity index (χ2v) is 8.20. The summed E-state index contributed by atoms with van der Waals surface area (Å²) in [6, 6.07) is 1.58. The van der Waals surface area contributed by atoms with E-state index in [4.69, 9.17) is 19.8 Å². The molecule has 2 N–H and O–H groups in total. The fourth-order valence-corrected chi connectivity index (χ4v) is 3.84. The lowest BCUT2D eigenvalue weighted by atomic mass is 10.1. The van der Waals surface area contributed by atoms with Gasteiger partial charge in [-0.05, 0) is 18.8 Å². The number of aliphatic carboxylic acids is 2. The number of hydrogen-bond donors (Lipinski definition) is 2. The molecule has 1 aromatic rings. The van der Waals surface area contributed by atoms with Crippen LogP contribution in [-0.2, 0) is 23.2 Å². The zero-order valence-electron chi connectivity index (χ0n) is 18.4. The van der Waals surface area contributed by atoms with Gasteiger partial charge in [-0.15, -0.1) is 0 Å². The molecule has 14 heteroatoms. The number of carboxylic acid groups (broad SMARTS) is 2. The molecule has 190 valence electrons. The normalized spacial score (nSPS) is 21.2. The molecule has 0 unspecified atom stereocenters. The average molecular weight is 490 g/mol. The molecule has 0 aliphatic carbocycles. The smallest absolute Gasteiger partial charge is 0.475 e. The average Bonchev–Trinajstić information content (AvgIpc) is 3.34. The number of halogens is 6. The highest BCUT2D eigenvalue weighted by atomic mass is 19.4. The monoisotopic (exact) mass is 490 g/mol. The Morgan fingerprint density at radius 2 is 1.42 bits per heavy atom. The number of aryl methyl sites for hydroxylation is 1. The molecule has 33 heavy (non-hydrogen) atoms. The predicted molar refractivity (Wildman–Crippen MR) is 104 cm³/mol. The molecular formula is C19H28F6N4O4.